The van der Waals surface area contributed by atoms with Gasteiger partial charge in [0.1, 0.15) is 6.04 Å². The highest BCUT2D eigenvalue weighted by molar-refractivity contribution is 7.98. The maximum atomic E-state index is 12.4. The van der Waals surface area contributed by atoms with E-state index >= 15 is 0 Å². The van der Waals surface area contributed by atoms with Gasteiger partial charge in [-0.3, -0.25) is 14.5 Å². The lowest BCUT2D eigenvalue weighted by Gasteiger charge is -2.26. The minimum atomic E-state index is -1.16. The Labute approximate surface area is 128 Å². The molecule has 0 radical (unpaired) electrons. The highest BCUT2D eigenvalue weighted by Gasteiger charge is 2.33. The molecule has 6 heteroatoms. The number of nitrogens with zero attached hydrogens (tertiary/aromatic N) is 1. The van der Waals surface area contributed by atoms with Gasteiger partial charge < -0.3 is 5.11 Å². The van der Waals surface area contributed by atoms with Crippen molar-refractivity contribution >= 4 is 29.5 Å². The quantitative estimate of drug-likeness (QED) is 0.831. The van der Waals surface area contributed by atoms with E-state index in [1.165, 1.54) is 11.8 Å². The molecule has 0 fully saturated rings. The molecule has 0 bridgehead atoms. The second-order valence-corrected chi connectivity index (χ2v) is 5.39. The zero-order chi connectivity index (χ0) is 15.8. The van der Waals surface area contributed by atoms with Crippen LogP contribution in [0.5, 0.6) is 0 Å². The molecule has 0 heterocycles. The van der Waals surface area contributed by atoms with E-state index in [1.807, 2.05) is 6.07 Å². The van der Waals surface area contributed by atoms with Crippen molar-refractivity contribution < 1.29 is 19.5 Å². The molecule has 0 saturated heterocycles. The summed E-state index contributed by atoms with van der Waals surface area (Å²) in [5, 5.41) is 9.27. The molecule has 0 saturated carbocycles. The number of hydrogen-bond acceptors (Lipinski definition) is 4. The Morgan fingerprint density at radius 2 is 1.81 bits per heavy atom. The van der Waals surface area contributed by atoms with Crippen LogP contribution in [0.15, 0.2) is 30.3 Å². The molecule has 1 aromatic rings. The van der Waals surface area contributed by atoms with E-state index in [-0.39, 0.29) is 18.6 Å². The molecular weight excluding hydrogens is 290 g/mol. The molecule has 0 spiro atoms. The molecule has 1 rings (SSSR count). The van der Waals surface area contributed by atoms with Crippen LogP contribution in [-0.2, 0) is 20.8 Å². The number of carboxylic acid groups (broad SMARTS) is 1. The first-order chi connectivity index (χ1) is 10.0. The lowest BCUT2D eigenvalue weighted by atomic mass is 10.1. The van der Waals surface area contributed by atoms with Gasteiger partial charge in [0.15, 0.2) is 0 Å². The number of thioether (sulfide) groups is 1. The van der Waals surface area contributed by atoms with Gasteiger partial charge in [0, 0.05) is 12.2 Å². The second kappa shape index (κ2) is 8.46. The Hall–Kier alpha value is -1.82. The molecule has 2 amide bonds. The molecule has 0 aromatic heterocycles. The first-order valence-corrected chi connectivity index (χ1v) is 8.01. The summed E-state index contributed by atoms with van der Waals surface area (Å²) in [7, 11) is 0. The number of amides is 2. The van der Waals surface area contributed by atoms with Gasteiger partial charge in [-0.05, 0) is 11.8 Å². The van der Waals surface area contributed by atoms with Crippen LogP contribution in [0.2, 0.25) is 0 Å². The van der Waals surface area contributed by atoms with E-state index in [9.17, 15) is 19.5 Å². The Morgan fingerprint density at radius 3 is 2.29 bits per heavy atom. The Kier molecular flexibility index (Phi) is 6.94. The summed E-state index contributed by atoms with van der Waals surface area (Å²) in [6, 6.07) is 7.85. The van der Waals surface area contributed by atoms with Crippen LogP contribution in [0.25, 0.3) is 0 Å². The summed E-state index contributed by atoms with van der Waals surface area (Å²) in [6.45, 7) is 1.61. The lowest BCUT2D eigenvalue weighted by molar-refractivity contribution is -0.156. The van der Waals surface area contributed by atoms with Crippen LogP contribution in [0.3, 0.4) is 0 Å². The van der Waals surface area contributed by atoms with Crippen molar-refractivity contribution in [1.29, 1.82) is 0 Å². The van der Waals surface area contributed by atoms with E-state index in [2.05, 4.69) is 0 Å². The van der Waals surface area contributed by atoms with E-state index in [0.717, 1.165) is 10.5 Å². The van der Waals surface area contributed by atoms with Gasteiger partial charge in [0.25, 0.3) is 0 Å². The fourth-order valence-electron chi connectivity index (χ4n) is 1.93. The predicted octanol–water partition coefficient (Wildman–Crippen LogP) is 1.81. The molecule has 0 aliphatic carbocycles. The molecule has 0 aliphatic heterocycles. The first kappa shape index (κ1) is 17.2. The standard InChI is InChI=1S/C15H19NO4S/c1-3-13(17)16(12(10-21-2)15(19)20)14(18)9-11-7-5-4-6-8-11/h4-8,12H,3,9-10H2,1-2H3,(H,19,20)/t12-/m0/s1. The van der Waals surface area contributed by atoms with Gasteiger partial charge in [-0.2, -0.15) is 11.8 Å². The van der Waals surface area contributed by atoms with Gasteiger partial charge in [0.2, 0.25) is 11.8 Å². The minimum absolute atomic E-state index is 0.0186. The summed E-state index contributed by atoms with van der Waals surface area (Å²) >= 11 is 1.29. The fraction of sp³-hybridized carbons (Fsp3) is 0.400. The molecule has 114 valence electrons. The number of carbonyl (C=O) groups is 3. The third-order valence-corrected chi connectivity index (χ3v) is 3.61. The Balaban J connectivity index is 2.98. The molecule has 0 unspecified atom stereocenters. The molecule has 1 N–H and O–H groups in total. The molecule has 5 nitrogen and oxygen atoms in total. The zero-order valence-electron chi connectivity index (χ0n) is 12.1. The average molecular weight is 309 g/mol. The van der Waals surface area contributed by atoms with Crippen molar-refractivity contribution in [2.24, 2.45) is 0 Å². The summed E-state index contributed by atoms with van der Waals surface area (Å²) in [6.07, 6.45) is 1.86. The van der Waals surface area contributed by atoms with Crippen LogP contribution in [-0.4, -0.2) is 45.8 Å². The van der Waals surface area contributed by atoms with Gasteiger partial charge in [0.05, 0.1) is 6.42 Å². The maximum absolute atomic E-state index is 12.4. The van der Waals surface area contributed by atoms with Crippen molar-refractivity contribution in [3.8, 4) is 0 Å². The monoisotopic (exact) mass is 309 g/mol. The number of rotatable bonds is 7. The number of benzene rings is 1. The average Bonchev–Trinajstić information content (AvgIpc) is 2.47. The molecule has 1 atom stereocenters. The first-order valence-electron chi connectivity index (χ1n) is 6.61. The number of carboxylic acids is 1. The highest BCUT2D eigenvalue weighted by atomic mass is 32.2. The Morgan fingerprint density at radius 1 is 1.19 bits per heavy atom. The maximum Gasteiger partial charge on any atom is 0.327 e. The van der Waals surface area contributed by atoms with Crippen molar-refractivity contribution in [3.05, 3.63) is 35.9 Å². The van der Waals surface area contributed by atoms with Crippen molar-refractivity contribution in [3.63, 3.8) is 0 Å². The van der Waals surface area contributed by atoms with Crippen molar-refractivity contribution in [1.82, 2.24) is 4.90 Å². The Bertz CT molecular complexity index is 504. The lowest BCUT2D eigenvalue weighted by Crippen LogP contribution is -2.50. The summed E-state index contributed by atoms with van der Waals surface area (Å²) < 4.78 is 0. The molecule has 0 aliphatic rings. The number of aliphatic carboxylic acids is 1. The van der Waals surface area contributed by atoms with Crippen LogP contribution in [0.1, 0.15) is 18.9 Å². The van der Waals surface area contributed by atoms with Crippen LogP contribution < -0.4 is 0 Å². The summed E-state index contributed by atoms with van der Waals surface area (Å²) in [5.74, 6) is -1.92. The van der Waals surface area contributed by atoms with Crippen LogP contribution in [0, 0.1) is 0 Å². The van der Waals surface area contributed by atoms with Crippen molar-refractivity contribution in [2.75, 3.05) is 12.0 Å². The SMILES string of the molecule is CCC(=O)N(C(=O)Cc1ccccc1)[C@@H](CSC)C(=O)O. The summed E-state index contributed by atoms with van der Waals surface area (Å²) in [4.78, 5) is 36.6. The molecule has 21 heavy (non-hydrogen) atoms. The van der Waals surface area contributed by atoms with Gasteiger partial charge in [-0.15, -0.1) is 0 Å². The minimum Gasteiger partial charge on any atom is -0.480 e. The van der Waals surface area contributed by atoms with Crippen molar-refractivity contribution in [2.45, 2.75) is 25.8 Å². The van der Waals surface area contributed by atoms with E-state index in [0.29, 0.717) is 0 Å². The second-order valence-electron chi connectivity index (χ2n) is 4.48. The fourth-order valence-corrected chi connectivity index (χ4v) is 2.53. The highest BCUT2D eigenvalue weighted by Crippen LogP contribution is 2.12. The van der Waals surface area contributed by atoms with Gasteiger partial charge >= 0.3 is 5.97 Å². The predicted molar refractivity (Wildman–Crippen MR) is 82.1 cm³/mol. The zero-order valence-corrected chi connectivity index (χ0v) is 12.9. The summed E-state index contributed by atoms with van der Waals surface area (Å²) in [5.41, 5.74) is 0.754. The van der Waals surface area contributed by atoms with Gasteiger partial charge in [-0.25, -0.2) is 4.79 Å². The van der Waals surface area contributed by atoms with E-state index < -0.39 is 23.8 Å². The molecule has 1 aromatic carbocycles. The third-order valence-electron chi connectivity index (χ3n) is 2.96. The normalized spacial score (nSPS) is 11.7. The third kappa shape index (κ3) is 4.90. The smallest absolute Gasteiger partial charge is 0.327 e. The van der Waals surface area contributed by atoms with Crippen LogP contribution in [0.4, 0.5) is 0 Å². The van der Waals surface area contributed by atoms with Crippen LogP contribution >= 0.6 is 11.8 Å². The van der Waals surface area contributed by atoms with Gasteiger partial charge in [-0.1, -0.05) is 37.3 Å². The topological polar surface area (TPSA) is 74.7 Å². The van der Waals surface area contributed by atoms with E-state index in [1.54, 1.807) is 37.4 Å². The van der Waals surface area contributed by atoms with E-state index in [4.69, 9.17) is 0 Å². The number of imide groups is 1. The number of carbonyl (C=O) groups excluding carboxylic acids is 2. The molecular formula is C15H19NO4S. The number of hydrogen-bond donors (Lipinski definition) is 1. The largest absolute Gasteiger partial charge is 0.480 e.